The van der Waals surface area contributed by atoms with Crippen molar-refractivity contribution in [2.24, 2.45) is 0 Å². The zero-order valence-electron chi connectivity index (χ0n) is 14.7. The summed E-state index contributed by atoms with van der Waals surface area (Å²) in [6.07, 6.45) is 1.52. The van der Waals surface area contributed by atoms with Gasteiger partial charge in [0, 0.05) is 13.5 Å². The Balaban J connectivity index is 2.36. The van der Waals surface area contributed by atoms with Crippen LogP contribution in [0.3, 0.4) is 0 Å². The number of aromatic nitrogens is 2. The molecule has 0 fully saturated rings. The van der Waals surface area contributed by atoms with Crippen molar-refractivity contribution in [1.29, 1.82) is 0 Å². The number of carbonyl (C=O) groups is 1. The van der Waals surface area contributed by atoms with Crippen LogP contribution in [0.4, 0.5) is 0 Å². The van der Waals surface area contributed by atoms with Crippen LogP contribution in [-0.2, 0) is 19.6 Å². The predicted molar refractivity (Wildman–Crippen MR) is 97.5 cm³/mol. The van der Waals surface area contributed by atoms with Crippen LogP contribution in [0.5, 0.6) is 0 Å². The molecule has 1 unspecified atom stereocenters. The summed E-state index contributed by atoms with van der Waals surface area (Å²) < 4.78 is 31.0. The van der Waals surface area contributed by atoms with E-state index >= 15 is 0 Å². The summed E-state index contributed by atoms with van der Waals surface area (Å²) in [5.74, 6) is -0.643. The van der Waals surface area contributed by atoms with Crippen LogP contribution in [0.2, 0.25) is 25.7 Å². The van der Waals surface area contributed by atoms with Gasteiger partial charge in [0.05, 0.1) is 30.5 Å². The summed E-state index contributed by atoms with van der Waals surface area (Å²) >= 11 is 0. The quantitative estimate of drug-likeness (QED) is 0.579. The number of methoxy groups -OCH3 is 1. The first kappa shape index (κ1) is 18.7. The van der Waals surface area contributed by atoms with Crippen molar-refractivity contribution in [3.8, 4) is 0 Å². The number of rotatable bonds is 6. The molecule has 1 aromatic carbocycles. The Labute approximate surface area is 143 Å². The number of nitrogens with zero attached hydrogens (tertiary/aromatic N) is 2. The third-order valence-corrected chi connectivity index (χ3v) is 7.64. The van der Waals surface area contributed by atoms with E-state index in [4.69, 9.17) is 4.74 Å². The average Bonchev–Trinajstić information content (AvgIpc) is 2.94. The van der Waals surface area contributed by atoms with Crippen LogP contribution in [-0.4, -0.2) is 44.5 Å². The molecule has 0 radical (unpaired) electrons. The minimum absolute atomic E-state index is 0.0970. The summed E-state index contributed by atoms with van der Waals surface area (Å²) in [4.78, 5) is 11.7. The number of fused-ring (bicyclic) bond motifs is 1. The Morgan fingerprint density at radius 2 is 2.00 bits per heavy atom. The normalized spacial score (nSPS) is 13.9. The van der Waals surface area contributed by atoms with E-state index in [9.17, 15) is 13.2 Å². The van der Waals surface area contributed by atoms with E-state index in [-0.39, 0.29) is 11.7 Å². The molecular weight excluding hydrogens is 344 g/mol. The van der Waals surface area contributed by atoms with Gasteiger partial charge in [0.1, 0.15) is 0 Å². The van der Waals surface area contributed by atoms with Gasteiger partial charge >= 0.3 is 5.97 Å². The van der Waals surface area contributed by atoms with Crippen LogP contribution in [0.1, 0.15) is 18.4 Å². The van der Waals surface area contributed by atoms with Crippen LogP contribution < -0.4 is 0 Å². The first-order chi connectivity index (χ1) is 11.0. The largest absolute Gasteiger partial charge is 0.469 e. The standard InChI is InChI=1S/C16H24N2O4SSi/c1-12(16(19)22-2)13-6-7-15-14(10-13)11-17-18(15)23(20,21)8-9-24(3,4)5/h6-7,10-12H,8-9H2,1-5H3. The third-order valence-electron chi connectivity index (χ3n) is 3.99. The molecule has 8 heteroatoms. The fraction of sp³-hybridized carbons (Fsp3) is 0.500. The lowest BCUT2D eigenvalue weighted by atomic mass is 10.0. The maximum absolute atomic E-state index is 12.6. The Hall–Kier alpha value is -1.67. The van der Waals surface area contributed by atoms with Crippen molar-refractivity contribution in [3.05, 3.63) is 30.0 Å². The second kappa shape index (κ2) is 6.68. The highest BCUT2D eigenvalue weighted by molar-refractivity contribution is 7.90. The summed E-state index contributed by atoms with van der Waals surface area (Å²) in [5, 5.41) is 4.76. The minimum atomic E-state index is -3.48. The lowest BCUT2D eigenvalue weighted by Gasteiger charge is -2.15. The highest BCUT2D eigenvalue weighted by atomic mass is 32.2. The smallest absolute Gasteiger partial charge is 0.312 e. The maximum atomic E-state index is 12.6. The van der Waals surface area contributed by atoms with Crippen molar-refractivity contribution < 1.29 is 17.9 Å². The molecule has 0 N–H and O–H groups in total. The Bertz CT molecular complexity index is 853. The summed E-state index contributed by atoms with van der Waals surface area (Å²) in [6, 6.07) is 5.92. The van der Waals surface area contributed by atoms with Gasteiger partial charge in [0.15, 0.2) is 0 Å². The van der Waals surface area contributed by atoms with Gasteiger partial charge in [-0.2, -0.15) is 9.19 Å². The van der Waals surface area contributed by atoms with Gasteiger partial charge in [-0.3, -0.25) is 4.79 Å². The van der Waals surface area contributed by atoms with Gasteiger partial charge in [-0.25, -0.2) is 8.42 Å². The molecule has 24 heavy (non-hydrogen) atoms. The minimum Gasteiger partial charge on any atom is -0.469 e. The number of carbonyl (C=O) groups excluding carboxylic acids is 1. The summed E-state index contributed by atoms with van der Waals surface area (Å²) in [5.41, 5.74) is 1.31. The molecular formula is C16H24N2O4SSi. The molecule has 0 spiro atoms. The zero-order valence-corrected chi connectivity index (χ0v) is 16.6. The first-order valence-corrected chi connectivity index (χ1v) is 13.2. The average molecular weight is 369 g/mol. The van der Waals surface area contributed by atoms with Crippen LogP contribution >= 0.6 is 0 Å². The lowest BCUT2D eigenvalue weighted by Crippen LogP contribution is -2.27. The van der Waals surface area contributed by atoms with E-state index in [2.05, 4.69) is 24.7 Å². The number of ether oxygens (including phenoxy) is 1. The molecule has 0 aliphatic heterocycles. The van der Waals surface area contributed by atoms with E-state index in [1.165, 1.54) is 13.3 Å². The van der Waals surface area contributed by atoms with Crippen molar-refractivity contribution in [3.63, 3.8) is 0 Å². The summed E-state index contributed by atoms with van der Waals surface area (Å²) in [6.45, 7) is 8.18. The van der Waals surface area contributed by atoms with Crippen molar-refractivity contribution >= 4 is 35.0 Å². The molecule has 132 valence electrons. The second-order valence-electron chi connectivity index (χ2n) is 7.18. The molecule has 1 atom stereocenters. The van der Waals surface area contributed by atoms with Crippen molar-refractivity contribution in [2.75, 3.05) is 12.9 Å². The van der Waals surface area contributed by atoms with E-state index in [1.807, 2.05) is 0 Å². The van der Waals surface area contributed by atoms with Gasteiger partial charge < -0.3 is 4.74 Å². The second-order valence-corrected chi connectivity index (χ2v) is 14.7. The number of hydrogen-bond acceptors (Lipinski definition) is 5. The van der Waals surface area contributed by atoms with Gasteiger partial charge in [0.2, 0.25) is 0 Å². The highest BCUT2D eigenvalue weighted by Crippen LogP contribution is 2.24. The van der Waals surface area contributed by atoms with Crippen LogP contribution in [0.15, 0.2) is 24.4 Å². The molecule has 1 aromatic heterocycles. The van der Waals surface area contributed by atoms with Crippen LogP contribution in [0, 0.1) is 0 Å². The van der Waals surface area contributed by atoms with Crippen molar-refractivity contribution in [2.45, 2.75) is 38.5 Å². The fourth-order valence-electron chi connectivity index (χ4n) is 2.35. The fourth-order valence-corrected chi connectivity index (χ4v) is 6.66. The monoisotopic (exact) mass is 368 g/mol. The van der Waals surface area contributed by atoms with Crippen molar-refractivity contribution in [1.82, 2.24) is 9.19 Å². The number of hydrogen-bond donors (Lipinski definition) is 0. The zero-order chi connectivity index (χ0) is 18.1. The molecule has 0 bridgehead atoms. The molecule has 2 aromatic rings. The predicted octanol–water partition coefficient (Wildman–Crippen LogP) is 2.83. The molecule has 0 aliphatic rings. The molecule has 1 heterocycles. The van der Waals surface area contributed by atoms with E-state index in [1.54, 1.807) is 25.1 Å². The highest BCUT2D eigenvalue weighted by Gasteiger charge is 2.23. The van der Waals surface area contributed by atoms with Gasteiger partial charge in [-0.1, -0.05) is 25.7 Å². The third kappa shape index (κ3) is 4.04. The number of esters is 1. The molecule has 0 amide bonds. The Morgan fingerprint density at radius 1 is 1.33 bits per heavy atom. The molecule has 2 rings (SSSR count). The molecule has 0 aliphatic carbocycles. The Kier molecular flexibility index (Phi) is 5.19. The van der Waals surface area contributed by atoms with Gasteiger partial charge in [-0.15, -0.1) is 0 Å². The lowest BCUT2D eigenvalue weighted by molar-refractivity contribution is -0.141. The molecule has 0 saturated carbocycles. The van der Waals surface area contributed by atoms with Crippen LogP contribution in [0.25, 0.3) is 10.9 Å². The topological polar surface area (TPSA) is 78.3 Å². The first-order valence-electron chi connectivity index (χ1n) is 7.84. The van der Waals surface area contributed by atoms with E-state index < -0.39 is 24.0 Å². The Morgan fingerprint density at radius 3 is 2.58 bits per heavy atom. The van der Waals surface area contributed by atoms with Gasteiger partial charge in [0.25, 0.3) is 10.0 Å². The number of benzene rings is 1. The van der Waals surface area contributed by atoms with Gasteiger partial charge in [-0.05, 0) is 30.7 Å². The summed E-state index contributed by atoms with van der Waals surface area (Å²) in [7, 11) is -3.59. The molecule has 0 saturated heterocycles. The SMILES string of the molecule is COC(=O)C(C)c1ccc2c(cnn2S(=O)(=O)CC[Si](C)(C)C)c1. The molecule has 6 nitrogen and oxygen atoms in total. The van der Waals surface area contributed by atoms with E-state index in [0.717, 1.165) is 9.65 Å². The van der Waals surface area contributed by atoms with E-state index in [0.29, 0.717) is 16.9 Å². The maximum Gasteiger partial charge on any atom is 0.312 e.